The molecule has 0 saturated carbocycles. The Bertz CT molecular complexity index is 1050. The van der Waals surface area contributed by atoms with Gasteiger partial charge in [0.25, 0.3) is 5.56 Å². The first-order valence-corrected chi connectivity index (χ1v) is 7.69. The van der Waals surface area contributed by atoms with Crippen molar-refractivity contribution < 1.29 is 0 Å². The molecule has 22 heavy (non-hydrogen) atoms. The van der Waals surface area contributed by atoms with E-state index in [-0.39, 0.29) is 5.56 Å². The van der Waals surface area contributed by atoms with Crippen LogP contribution in [-0.2, 0) is 0 Å². The quantitative estimate of drug-likeness (QED) is 0.513. The predicted molar refractivity (Wildman–Crippen MR) is 92.1 cm³/mol. The zero-order valence-electron chi connectivity index (χ0n) is 11.5. The number of halogens is 1. The van der Waals surface area contributed by atoms with Crippen LogP contribution in [0.4, 0.5) is 0 Å². The molecule has 4 rings (SSSR count). The molecule has 0 fully saturated rings. The first-order chi connectivity index (χ1) is 10.7. The summed E-state index contributed by atoms with van der Waals surface area (Å²) in [6.07, 6.45) is 1.79. The minimum absolute atomic E-state index is 0.0496. The second kappa shape index (κ2) is 5.07. The van der Waals surface area contributed by atoms with Crippen molar-refractivity contribution in [2.75, 3.05) is 0 Å². The van der Waals surface area contributed by atoms with Crippen LogP contribution >= 0.6 is 15.9 Å². The van der Waals surface area contributed by atoms with Crippen LogP contribution < -0.4 is 5.56 Å². The Balaban J connectivity index is 2.21. The summed E-state index contributed by atoms with van der Waals surface area (Å²) in [5, 5.41) is 0.618. The molecule has 2 heterocycles. The van der Waals surface area contributed by atoms with Gasteiger partial charge in [-0.3, -0.25) is 9.20 Å². The lowest BCUT2D eigenvalue weighted by Gasteiger charge is -2.00. The number of aromatic nitrogens is 2. The molecular weight excluding hydrogens is 340 g/mol. The summed E-state index contributed by atoms with van der Waals surface area (Å²) >= 11 is 3.45. The van der Waals surface area contributed by atoms with Crippen molar-refractivity contribution in [2.45, 2.75) is 0 Å². The zero-order valence-corrected chi connectivity index (χ0v) is 13.1. The van der Waals surface area contributed by atoms with Gasteiger partial charge in [-0.2, -0.15) is 0 Å². The van der Waals surface area contributed by atoms with Crippen LogP contribution in [0, 0.1) is 0 Å². The van der Waals surface area contributed by atoms with Crippen molar-refractivity contribution >= 4 is 32.3 Å². The van der Waals surface area contributed by atoms with Crippen LogP contribution in [0.3, 0.4) is 0 Å². The maximum absolute atomic E-state index is 12.7. The summed E-state index contributed by atoms with van der Waals surface area (Å²) in [6.45, 7) is 0. The Morgan fingerprint density at radius 2 is 1.68 bits per heavy atom. The molecule has 0 amide bonds. The highest BCUT2D eigenvalue weighted by molar-refractivity contribution is 9.10. The first kappa shape index (κ1) is 13.2. The number of fused-ring (bicyclic) bond motifs is 2. The summed E-state index contributed by atoms with van der Waals surface area (Å²) in [5.74, 6) is 0. The molecule has 0 unspecified atom stereocenters. The second-order valence-electron chi connectivity index (χ2n) is 5.05. The minimum Gasteiger partial charge on any atom is -0.282 e. The van der Waals surface area contributed by atoms with Gasteiger partial charge in [-0.25, -0.2) is 4.98 Å². The lowest BCUT2D eigenvalue weighted by Crippen LogP contribution is -2.08. The van der Waals surface area contributed by atoms with Crippen molar-refractivity contribution in [2.24, 2.45) is 0 Å². The van der Waals surface area contributed by atoms with Crippen LogP contribution in [0.5, 0.6) is 0 Å². The van der Waals surface area contributed by atoms with E-state index in [1.807, 2.05) is 60.7 Å². The maximum Gasteiger partial charge on any atom is 0.264 e. The highest BCUT2D eigenvalue weighted by atomic mass is 79.9. The van der Waals surface area contributed by atoms with Crippen LogP contribution in [-0.4, -0.2) is 9.38 Å². The van der Waals surface area contributed by atoms with E-state index in [1.165, 1.54) is 0 Å². The van der Waals surface area contributed by atoms with E-state index in [2.05, 4.69) is 15.9 Å². The molecule has 0 aliphatic carbocycles. The number of nitrogens with zero attached hydrogens (tertiary/aromatic N) is 2. The number of rotatable bonds is 1. The lowest BCUT2D eigenvalue weighted by atomic mass is 10.1. The zero-order chi connectivity index (χ0) is 15.1. The third-order valence-electron chi connectivity index (χ3n) is 3.69. The highest BCUT2D eigenvalue weighted by Gasteiger charge is 2.09. The van der Waals surface area contributed by atoms with E-state index in [1.54, 1.807) is 10.6 Å². The molecule has 0 radical (unpaired) electrons. The van der Waals surface area contributed by atoms with Crippen molar-refractivity contribution in [1.29, 1.82) is 0 Å². The monoisotopic (exact) mass is 350 g/mol. The van der Waals surface area contributed by atoms with Gasteiger partial charge in [0.1, 0.15) is 0 Å². The van der Waals surface area contributed by atoms with E-state index in [0.29, 0.717) is 10.9 Å². The fraction of sp³-hybridized carbons (Fsp3) is 0. The van der Waals surface area contributed by atoms with Gasteiger partial charge >= 0.3 is 0 Å². The van der Waals surface area contributed by atoms with Crippen molar-refractivity contribution in [3.8, 4) is 11.3 Å². The molecule has 0 bridgehead atoms. The van der Waals surface area contributed by atoms with E-state index in [4.69, 9.17) is 4.98 Å². The van der Waals surface area contributed by atoms with Gasteiger partial charge in [-0.15, -0.1) is 0 Å². The maximum atomic E-state index is 12.7. The molecular formula is C18H11BrN2O. The number of hydrogen-bond acceptors (Lipinski definition) is 2. The summed E-state index contributed by atoms with van der Waals surface area (Å²) in [7, 11) is 0. The Kier molecular flexibility index (Phi) is 3.05. The van der Waals surface area contributed by atoms with Crippen molar-refractivity contribution in [3.63, 3.8) is 0 Å². The smallest absolute Gasteiger partial charge is 0.264 e. The minimum atomic E-state index is -0.0496. The van der Waals surface area contributed by atoms with E-state index < -0.39 is 0 Å². The average Bonchev–Trinajstić information content (AvgIpc) is 2.99. The second-order valence-corrected chi connectivity index (χ2v) is 5.97. The van der Waals surface area contributed by atoms with Gasteiger partial charge in [0.2, 0.25) is 0 Å². The van der Waals surface area contributed by atoms with Crippen LogP contribution in [0.1, 0.15) is 0 Å². The molecule has 0 saturated heterocycles. The van der Waals surface area contributed by atoms with E-state index in [9.17, 15) is 4.79 Å². The molecule has 0 N–H and O–H groups in total. The van der Waals surface area contributed by atoms with Gasteiger partial charge in [-0.05, 0) is 36.4 Å². The Hall–Kier alpha value is -2.46. The number of para-hydroxylation sites is 1. The fourth-order valence-electron chi connectivity index (χ4n) is 2.63. The van der Waals surface area contributed by atoms with Crippen LogP contribution in [0.25, 0.3) is 27.7 Å². The highest BCUT2D eigenvalue weighted by Crippen LogP contribution is 2.24. The predicted octanol–water partition coefficient (Wildman–Crippen LogP) is 4.28. The van der Waals surface area contributed by atoms with Gasteiger partial charge in [0.15, 0.2) is 0 Å². The van der Waals surface area contributed by atoms with Crippen molar-refractivity contribution in [3.05, 3.63) is 81.7 Å². The number of benzene rings is 2. The Labute approximate surface area is 135 Å². The van der Waals surface area contributed by atoms with Crippen molar-refractivity contribution in [1.82, 2.24) is 9.38 Å². The lowest BCUT2D eigenvalue weighted by molar-refractivity contribution is 1.16. The van der Waals surface area contributed by atoms with Gasteiger partial charge in [0.05, 0.1) is 22.1 Å². The fourth-order valence-corrected chi connectivity index (χ4v) is 2.89. The molecule has 0 aliphatic rings. The molecule has 4 heteroatoms. The summed E-state index contributed by atoms with van der Waals surface area (Å²) < 4.78 is 2.67. The Morgan fingerprint density at radius 1 is 0.909 bits per heavy atom. The standard InChI is InChI=1S/C18H11BrN2O/c19-13-9-7-12(8-10-13)17-16-6-3-11-21(16)18(22)14-4-1-2-5-15(14)20-17/h1-11H. The van der Waals surface area contributed by atoms with E-state index >= 15 is 0 Å². The summed E-state index contributed by atoms with van der Waals surface area (Å²) in [6, 6.07) is 19.2. The molecule has 0 spiro atoms. The summed E-state index contributed by atoms with van der Waals surface area (Å²) in [5.41, 5.74) is 3.24. The molecule has 106 valence electrons. The van der Waals surface area contributed by atoms with Crippen LogP contribution in [0.2, 0.25) is 0 Å². The largest absolute Gasteiger partial charge is 0.282 e. The summed E-state index contributed by atoms with van der Waals surface area (Å²) in [4.78, 5) is 17.5. The third-order valence-corrected chi connectivity index (χ3v) is 4.22. The van der Waals surface area contributed by atoms with Crippen LogP contribution in [0.15, 0.2) is 76.1 Å². The molecule has 2 aromatic carbocycles. The van der Waals surface area contributed by atoms with Gasteiger partial charge in [0, 0.05) is 16.2 Å². The Morgan fingerprint density at radius 3 is 2.50 bits per heavy atom. The first-order valence-electron chi connectivity index (χ1n) is 6.90. The number of hydrogen-bond donors (Lipinski definition) is 0. The topological polar surface area (TPSA) is 34.4 Å². The molecule has 0 aliphatic heterocycles. The SMILES string of the molecule is O=c1c2ccccc2nc(-c2ccc(Br)cc2)c2cccn12. The normalized spacial score (nSPS) is 11.1. The van der Waals surface area contributed by atoms with E-state index in [0.717, 1.165) is 21.2 Å². The molecule has 0 atom stereocenters. The molecule has 2 aromatic heterocycles. The molecule has 4 aromatic rings. The van der Waals surface area contributed by atoms with Gasteiger partial charge in [-0.1, -0.05) is 40.2 Å². The molecule has 3 nitrogen and oxygen atoms in total. The van der Waals surface area contributed by atoms with Gasteiger partial charge < -0.3 is 0 Å². The third kappa shape index (κ3) is 2.04. The average molecular weight is 351 g/mol.